The number of ether oxygens (including phenoxy) is 1. The Kier molecular flexibility index (Phi) is 10.1. The molecule has 1 aliphatic carbocycles. The van der Waals surface area contributed by atoms with Crippen LogP contribution in [0.4, 0.5) is 0 Å². The molecule has 0 saturated carbocycles. The number of rotatable bonds is 13. The molecule has 148 valence electrons. The van der Waals surface area contributed by atoms with Crippen molar-refractivity contribution in [2.45, 2.75) is 83.6 Å². The molecule has 1 aliphatic rings. The average Bonchev–Trinajstić information content (AvgIpc) is 2.69. The Morgan fingerprint density at radius 3 is 2.35 bits per heavy atom. The minimum absolute atomic E-state index is 0.353. The summed E-state index contributed by atoms with van der Waals surface area (Å²) in [6.45, 7) is 5.07. The summed E-state index contributed by atoms with van der Waals surface area (Å²) >= 11 is 0. The fourth-order valence-corrected chi connectivity index (χ4v) is 4.24. The summed E-state index contributed by atoms with van der Waals surface area (Å²) in [5.41, 5.74) is 3.00. The highest BCUT2D eigenvalue weighted by atomic mass is 16.5. The molecule has 1 aromatic carbocycles. The number of benzene rings is 1. The number of aliphatic hydroxyl groups excluding tert-OH is 1. The Morgan fingerprint density at radius 2 is 1.69 bits per heavy atom. The van der Waals surface area contributed by atoms with Crippen molar-refractivity contribution >= 4 is 0 Å². The molecule has 3 heteroatoms. The van der Waals surface area contributed by atoms with Crippen LogP contribution >= 0.6 is 0 Å². The summed E-state index contributed by atoms with van der Waals surface area (Å²) in [5.74, 6) is 0.992. The van der Waals surface area contributed by atoms with Crippen molar-refractivity contribution in [1.82, 2.24) is 4.90 Å². The molecule has 1 aromatic rings. The fourth-order valence-electron chi connectivity index (χ4n) is 4.24. The number of aryl methyl sites for hydroxylation is 1. The minimum Gasteiger partial charge on any atom is -0.497 e. The van der Waals surface area contributed by atoms with Crippen LogP contribution in [-0.2, 0) is 12.8 Å². The van der Waals surface area contributed by atoms with Gasteiger partial charge in [0.15, 0.2) is 0 Å². The molecule has 0 spiro atoms. The summed E-state index contributed by atoms with van der Waals surface area (Å²) in [6, 6.07) is 7.31. The van der Waals surface area contributed by atoms with Crippen LogP contribution in [0.2, 0.25) is 0 Å². The second-order valence-corrected chi connectivity index (χ2v) is 7.71. The first-order chi connectivity index (χ1) is 12.8. The summed E-state index contributed by atoms with van der Waals surface area (Å²) in [5, 5.41) is 8.79. The molecular weight excluding hydrogens is 322 g/mol. The monoisotopic (exact) mass is 361 g/mol. The maximum atomic E-state index is 8.79. The first-order valence-corrected chi connectivity index (χ1v) is 10.8. The van der Waals surface area contributed by atoms with Gasteiger partial charge in [0.2, 0.25) is 0 Å². The average molecular weight is 362 g/mol. The van der Waals surface area contributed by atoms with Crippen LogP contribution in [0.25, 0.3) is 0 Å². The van der Waals surface area contributed by atoms with E-state index in [-0.39, 0.29) is 0 Å². The summed E-state index contributed by atoms with van der Waals surface area (Å²) < 4.78 is 5.37. The van der Waals surface area contributed by atoms with Crippen LogP contribution < -0.4 is 4.74 Å². The van der Waals surface area contributed by atoms with E-state index in [4.69, 9.17) is 9.84 Å². The van der Waals surface area contributed by atoms with Crippen LogP contribution in [0.1, 0.15) is 75.8 Å². The third kappa shape index (κ3) is 6.92. The standard InChI is InChI=1S/C23H39NO2/c1-3-24(16-10-8-6-4-5-7-9-11-17-25)22-14-12-21-19-23(26-2)15-13-20(21)18-22/h13,15,19,22,25H,3-12,14,16-18H2,1-2H3. The number of fused-ring (bicyclic) bond motifs is 1. The summed E-state index contributed by atoms with van der Waals surface area (Å²) in [7, 11) is 1.75. The molecule has 1 atom stereocenters. The largest absolute Gasteiger partial charge is 0.497 e. The van der Waals surface area contributed by atoms with Crippen molar-refractivity contribution in [3.8, 4) is 5.75 Å². The van der Waals surface area contributed by atoms with E-state index in [1.807, 2.05) is 0 Å². The van der Waals surface area contributed by atoms with Crippen molar-refractivity contribution in [3.05, 3.63) is 29.3 Å². The van der Waals surface area contributed by atoms with E-state index >= 15 is 0 Å². The lowest BCUT2D eigenvalue weighted by Gasteiger charge is -2.34. The lowest BCUT2D eigenvalue weighted by Crippen LogP contribution is -2.39. The van der Waals surface area contributed by atoms with Crippen LogP contribution in [0, 0.1) is 0 Å². The van der Waals surface area contributed by atoms with Crippen LogP contribution in [0.3, 0.4) is 0 Å². The molecule has 0 bridgehead atoms. The molecule has 0 amide bonds. The van der Waals surface area contributed by atoms with E-state index in [0.29, 0.717) is 12.6 Å². The first-order valence-electron chi connectivity index (χ1n) is 10.8. The molecule has 1 unspecified atom stereocenters. The van der Waals surface area contributed by atoms with E-state index < -0.39 is 0 Å². The zero-order valence-corrected chi connectivity index (χ0v) is 17.0. The molecule has 0 saturated heterocycles. The van der Waals surface area contributed by atoms with E-state index in [2.05, 4.69) is 30.0 Å². The molecule has 3 nitrogen and oxygen atoms in total. The van der Waals surface area contributed by atoms with Gasteiger partial charge in [-0.1, -0.05) is 51.5 Å². The normalized spacial score (nSPS) is 16.7. The molecule has 0 aliphatic heterocycles. The third-order valence-corrected chi connectivity index (χ3v) is 5.89. The van der Waals surface area contributed by atoms with Gasteiger partial charge in [0.1, 0.15) is 5.75 Å². The quantitative estimate of drug-likeness (QED) is 0.503. The molecule has 0 aromatic heterocycles. The lowest BCUT2D eigenvalue weighted by molar-refractivity contribution is 0.185. The Balaban J connectivity index is 1.65. The second-order valence-electron chi connectivity index (χ2n) is 7.71. The Labute approximate surface area is 160 Å². The molecule has 1 N–H and O–H groups in total. The predicted octanol–water partition coefficient (Wildman–Crippen LogP) is 4.99. The SMILES string of the molecule is CCN(CCCCCCCCCCO)C1CCc2cc(OC)ccc2C1. The maximum Gasteiger partial charge on any atom is 0.119 e. The Hall–Kier alpha value is -1.06. The van der Waals surface area contributed by atoms with Gasteiger partial charge in [0.05, 0.1) is 7.11 Å². The molecule has 0 radical (unpaired) electrons. The van der Waals surface area contributed by atoms with Gasteiger partial charge in [-0.3, -0.25) is 0 Å². The highest BCUT2D eigenvalue weighted by molar-refractivity contribution is 5.37. The molecule has 26 heavy (non-hydrogen) atoms. The van der Waals surface area contributed by atoms with Gasteiger partial charge in [-0.05, 0) is 68.5 Å². The Morgan fingerprint density at radius 1 is 1.00 bits per heavy atom. The van der Waals surface area contributed by atoms with Crippen molar-refractivity contribution in [2.24, 2.45) is 0 Å². The molecular formula is C23H39NO2. The van der Waals surface area contributed by atoms with Crippen LogP contribution in [0.5, 0.6) is 5.75 Å². The third-order valence-electron chi connectivity index (χ3n) is 5.89. The van der Waals surface area contributed by atoms with Gasteiger partial charge >= 0.3 is 0 Å². The maximum absolute atomic E-state index is 8.79. The molecule has 0 heterocycles. The summed E-state index contributed by atoms with van der Waals surface area (Å²) in [6.07, 6.45) is 13.8. The van der Waals surface area contributed by atoms with E-state index in [1.165, 1.54) is 81.9 Å². The van der Waals surface area contributed by atoms with Gasteiger partial charge in [-0.25, -0.2) is 0 Å². The lowest BCUT2D eigenvalue weighted by atomic mass is 9.87. The number of hydrogen-bond acceptors (Lipinski definition) is 3. The topological polar surface area (TPSA) is 32.7 Å². The highest BCUT2D eigenvalue weighted by Gasteiger charge is 2.23. The van der Waals surface area contributed by atoms with Crippen molar-refractivity contribution < 1.29 is 9.84 Å². The van der Waals surface area contributed by atoms with Crippen LogP contribution in [0.15, 0.2) is 18.2 Å². The van der Waals surface area contributed by atoms with Crippen molar-refractivity contribution in [2.75, 3.05) is 26.8 Å². The number of methoxy groups -OCH3 is 1. The highest BCUT2D eigenvalue weighted by Crippen LogP contribution is 2.28. The Bertz CT molecular complexity index is 503. The molecule has 0 fully saturated rings. The van der Waals surface area contributed by atoms with Crippen molar-refractivity contribution in [3.63, 3.8) is 0 Å². The number of likely N-dealkylation sites (N-methyl/N-ethyl adjacent to an activating group) is 1. The van der Waals surface area contributed by atoms with Crippen molar-refractivity contribution in [1.29, 1.82) is 0 Å². The van der Waals surface area contributed by atoms with E-state index in [0.717, 1.165) is 18.7 Å². The van der Waals surface area contributed by atoms with Gasteiger partial charge in [-0.2, -0.15) is 0 Å². The smallest absolute Gasteiger partial charge is 0.119 e. The number of nitrogens with zero attached hydrogens (tertiary/aromatic N) is 1. The minimum atomic E-state index is 0.353. The zero-order chi connectivity index (χ0) is 18.6. The van der Waals surface area contributed by atoms with Gasteiger partial charge in [0, 0.05) is 12.6 Å². The van der Waals surface area contributed by atoms with E-state index in [1.54, 1.807) is 7.11 Å². The van der Waals surface area contributed by atoms with Crippen LogP contribution in [-0.4, -0.2) is 42.9 Å². The number of unbranched alkanes of at least 4 members (excludes halogenated alkanes) is 7. The van der Waals surface area contributed by atoms with E-state index in [9.17, 15) is 0 Å². The van der Waals surface area contributed by atoms with Gasteiger partial charge < -0.3 is 14.7 Å². The number of hydrogen-bond donors (Lipinski definition) is 1. The number of aliphatic hydroxyl groups is 1. The second kappa shape index (κ2) is 12.3. The van der Waals surface area contributed by atoms with Gasteiger partial charge in [-0.15, -0.1) is 0 Å². The predicted molar refractivity (Wildman–Crippen MR) is 110 cm³/mol. The zero-order valence-electron chi connectivity index (χ0n) is 17.0. The fraction of sp³-hybridized carbons (Fsp3) is 0.739. The first kappa shape index (κ1) is 21.2. The van der Waals surface area contributed by atoms with Gasteiger partial charge in [0.25, 0.3) is 0 Å². The molecule has 2 rings (SSSR count). The summed E-state index contributed by atoms with van der Waals surface area (Å²) in [4.78, 5) is 2.70.